The third kappa shape index (κ3) is 101. The molecule has 0 amide bonds. The van der Waals surface area contributed by atoms with Gasteiger partial charge in [-0.2, -0.15) is 0 Å². The molecule has 0 rings (SSSR count). The Kier molecular flexibility index (Phi) is 93.4. The fourth-order valence-electron chi connectivity index (χ4n) is 11.5. The van der Waals surface area contributed by atoms with Crippen molar-refractivity contribution in [3.63, 3.8) is 0 Å². The van der Waals surface area contributed by atoms with Crippen molar-refractivity contribution in [1.29, 1.82) is 0 Å². The molecule has 0 aromatic carbocycles. The minimum Gasteiger partial charge on any atom is -0.389 e. The molecule has 101 heavy (non-hydrogen) atoms. The average Bonchev–Trinajstić information content (AvgIpc) is 0.918. The van der Waals surface area contributed by atoms with Gasteiger partial charge in [0.05, 0.1) is 73.7 Å². The van der Waals surface area contributed by atoms with E-state index in [4.69, 9.17) is 23.8 Å². The van der Waals surface area contributed by atoms with Gasteiger partial charge in [-0.15, -0.1) is 6.58 Å². The molecule has 0 heterocycles. The van der Waals surface area contributed by atoms with Crippen molar-refractivity contribution in [3.8, 4) is 0 Å². The lowest BCUT2D eigenvalue weighted by Crippen LogP contribution is -2.38. The van der Waals surface area contributed by atoms with Crippen LogP contribution in [-0.2, 0) is 27.2 Å². The first-order valence-corrected chi connectivity index (χ1v) is 45.4. The zero-order valence-electron chi connectivity index (χ0n) is 68.3. The van der Waals surface area contributed by atoms with E-state index in [0.717, 1.165) is 25.7 Å². The Labute approximate surface area is 633 Å². The molecule has 6 atom stereocenters. The van der Waals surface area contributed by atoms with Gasteiger partial charge in [0.25, 0.3) is 0 Å². The Balaban J connectivity index is -0.000000304. The average molecular weight is 1480 g/mol. The van der Waals surface area contributed by atoms with Crippen LogP contribution in [0.2, 0.25) is 0 Å². The van der Waals surface area contributed by atoms with Gasteiger partial charge in [-0.05, 0) is 38.5 Å². The lowest BCUT2D eigenvalue weighted by atomic mass is 10.0. The Hall–Kier alpha value is -0.760. The highest BCUT2D eigenvalue weighted by molar-refractivity contribution is 7.47. The molecule has 0 aromatic rings. The number of nitrogens with two attached hydrogens (primary N) is 1. The third-order valence-corrected chi connectivity index (χ3v) is 20.5. The van der Waals surface area contributed by atoms with Crippen LogP contribution < -0.4 is 5.73 Å². The van der Waals surface area contributed by atoms with Gasteiger partial charge in [0.2, 0.25) is 0 Å². The first-order valence-electron chi connectivity index (χ1n) is 42.4. The van der Waals surface area contributed by atoms with Crippen molar-refractivity contribution in [1.82, 2.24) is 0 Å². The van der Waals surface area contributed by atoms with Gasteiger partial charge < -0.3 is 34.7 Å². The standard InChI is InChI=1S/C24H50NO5P.C23H49N2O5P.C19H38.C18H38.2CH4/c1-6-7-8-9-10-11-12-13-14-15-16-17-18-19-24(26)23(2)22-30-31(27,28)29-21-20-25(3,4)5;1-5-6-7-8-9-10-11-12-13-14-15-16-17-18-23(26)22(24)21-30-31(27,28)29-20-19-25(2,3)4;1-3-5-7-9-11-13-15-17-19-18-16-14-12-10-8-6-4-2;1-3-5-7-9-11-13-15-17-18-16-14-12-10-8-6-4-2;;/h18-19,23-24,26H,6-17,20-22H2,1-5H3;17-18,22-23,26H,5-16,19-21,24H2,1-4H3;3H,1,4-19H2,2H3;3-18H2,1-2H3;2*1H4/p+2/b19-18+;18-17+;;;;/t23-,24+;22-,23+;;;;/m00..../s1. The van der Waals surface area contributed by atoms with Crippen LogP contribution in [0.15, 0.2) is 37.0 Å². The van der Waals surface area contributed by atoms with Crippen molar-refractivity contribution in [2.24, 2.45) is 11.7 Å². The second kappa shape index (κ2) is 84.9. The Morgan fingerprint density at radius 2 is 0.554 bits per heavy atom. The van der Waals surface area contributed by atoms with E-state index in [-0.39, 0.29) is 47.2 Å². The van der Waals surface area contributed by atoms with Crippen molar-refractivity contribution in [3.05, 3.63) is 37.0 Å². The van der Waals surface area contributed by atoms with E-state index >= 15 is 0 Å². The largest absolute Gasteiger partial charge is 0.472 e. The monoisotopic (exact) mass is 1480 g/mol. The summed E-state index contributed by atoms with van der Waals surface area (Å²) in [6, 6.07) is -0.781. The van der Waals surface area contributed by atoms with E-state index in [0.29, 0.717) is 22.1 Å². The molecule has 15 heteroatoms. The van der Waals surface area contributed by atoms with Gasteiger partial charge >= 0.3 is 15.6 Å². The van der Waals surface area contributed by atoms with Gasteiger partial charge in [-0.3, -0.25) is 18.1 Å². The van der Waals surface area contributed by atoms with Crippen LogP contribution in [-0.4, -0.2) is 129 Å². The fourth-order valence-corrected chi connectivity index (χ4v) is 13.0. The van der Waals surface area contributed by atoms with E-state index < -0.39 is 33.9 Å². The summed E-state index contributed by atoms with van der Waals surface area (Å²) in [6.07, 6.45) is 84.9. The highest BCUT2D eigenvalue weighted by atomic mass is 31.2. The second-order valence-corrected chi connectivity index (χ2v) is 34.2. The molecule has 0 spiro atoms. The zero-order chi connectivity index (χ0) is 74.5. The summed E-state index contributed by atoms with van der Waals surface area (Å²) in [5, 5.41) is 20.3. The van der Waals surface area contributed by atoms with Gasteiger partial charge in [0.1, 0.15) is 26.3 Å². The number of allylic oxidation sites excluding steroid dienone is 3. The zero-order valence-corrected chi connectivity index (χ0v) is 70.1. The van der Waals surface area contributed by atoms with Crippen molar-refractivity contribution in [2.45, 2.75) is 434 Å². The van der Waals surface area contributed by atoms with E-state index in [1.807, 2.05) is 60.5 Å². The SMILES string of the molecule is C.C.C=CCCCCCCCCCCCCCCCCC.CCCCCCCCCCCCC/C=C/[C@@H](O)[C@@H](C)COP(=O)(O)OCC[N+](C)(C)C.CCCCCCCCCCCCC/C=C/[C@@H](O)[C@@H](N)COP(=O)(O)OCC[N+](C)(C)C.CCCCCCCCCCCCCCCCCC. The molecule has 0 aliphatic carbocycles. The quantitative estimate of drug-likeness (QED) is 0.0169. The number of likely N-dealkylation sites (N-methyl/N-ethyl adjacent to an activating group) is 2. The molecule has 0 fully saturated rings. The Morgan fingerprint density at radius 1 is 0.347 bits per heavy atom. The van der Waals surface area contributed by atoms with Crippen LogP contribution in [0.1, 0.15) is 416 Å². The summed E-state index contributed by atoms with van der Waals surface area (Å²) < 4.78 is 44.9. The molecule has 6 N–H and O–H groups in total. The topological polar surface area (TPSA) is 178 Å². The molecule has 612 valence electrons. The molecule has 0 radical (unpaired) electrons. The molecule has 0 bridgehead atoms. The molecule has 0 saturated carbocycles. The fraction of sp³-hybridized carbons (Fsp3) is 0.930. The van der Waals surface area contributed by atoms with Crippen LogP contribution in [0.4, 0.5) is 0 Å². The highest BCUT2D eigenvalue weighted by Crippen LogP contribution is 2.44. The molecule has 0 aliphatic heterocycles. The van der Waals surface area contributed by atoms with E-state index in [9.17, 15) is 29.1 Å². The maximum atomic E-state index is 11.9. The van der Waals surface area contributed by atoms with Crippen LogP contribution in [0.5, 0.6) is 0 Å². The number of phosphoric ester groups is 2. The molecule has 2 unspecified atom stereocenters. The maximum Gasteiger partial charge on any atom is 0.472 e. The summed E-state index contributed by atoms with van der Waals surface area (Å²) in [6.45, 7) is 18.1. The smallest absolute Gasteiger partial charge is 0.389 e. The third-order valence-electron chi connectivity index (χ3n) is 18.6. The Morgan fingerprint density at radius 3 is 0.782 bits per heavy atom. The summed E-state index contributed by atoms with van der Waals surface area (Å²) in [5.41, 5.74) is 5.85. The molecule has 0 saturated heterocycles. The number of aliphatic hydroxyl groups excluding tert-OH is 2. The molecule has 0 aliphatic rings. The highest BCUT2D eigenvalue weighted by Gasteiger charge is 2.26. The van der Waals surface area contributed by atoms with E-state index in [2.05, 4.69) is 41.2 Å². The van der Waals surface area contributed by atoms with Crippen LogP contribution in [0.25, 0.3) is 0 Å². The lowest BCUT2D eigenvalue weighted by molar-refractivity contribution is -0.870. The summed E-state index contributed by atoms with van der Waals surface area (Å²) in [4.78, 5) is 19.4. The molecule has 13 nitrogen and oxygen atoms in total. The van der Waals surface area contributed by atoms with Gasteiger partial charge in [0.15, 0.2) is 0 Å². The molecule has 0 aromatic heterocycles. The van der Waals surface area contributed by atoms with Crippen molar-refractivity contribution >= 4 is 15.6 Å². The number of unbranched alkanes of at least 4 members (excludes halogenated alkanes) is 52. The summed E-state index contributed by atoms with van der Waals surface area (Å²) in [5.74, 6) is -0.281. The lowest BCUT2D eigenvalue weighted by Gasteiger charge is -2.24. The molecular formula is C86H185N3O10P2+2. The normalized spacial score (nSPS) is 14.1. The maximum absolute atomic E-state index is 11.9. The van der Waals surface area contributed by atoms with Crippen LogP contribution in [0, 0.1) is 5.92 Å². The van der Waals surface area contributed by atoms with E-state index in [1.54, 1.807) is 19.1 Å². The number of rotatable bonds is 73. The van der Waals surface area contributed by atoms with Gasteiger partial charge in [-0.1, -0.05) is 408 Å². The van der Waals surface area contributed by atoms with Crippen molar-refractivity contribution in [2.75, 3.05) is 81.8 Å². The van der Waals surface area contributed by atoms with E-state index in [1.165, 1.54) is 334 Å². The predicted octanol–water partition coefficient (Wildman–Crippen LogP) is 26.8. The van der Waals surface area contributed by atoms with Gasteiger partial charge in [-0.25, -0.2) is 9.13 Å². The molecular weight excluding hydrogens is 1300 g/mol. The number of hydrogen-bond donors (Lipinski definition) is 5. The minimum atomic E-state index is -4.16. The van der Waals surface area contributed by atoms with Gasteiger partial charge in [0, 0.05) is 5.92 Å². The predicted molar refractivity (Wildman–Crippen MR) is 447 cm³/mol. The number of hydrogen-bond acceptors (Lipinski definition) is 9. The second-order valence-electron chi connectivity index (χ2n) is 31.3. The van der Waals surface area contributed by atoms with Crippen LogP contribution >= 0.6 is 15.6 Å². The number of phosphoric acid groups is 2. The first kappa shape index (κ1) is 111. The minimum absolute atomic E-state index is 0. The number of nitrogens with zero attached hydrogens (tertiary/aromatic N) is 2. The van der Waals surface area contributed by atoms with Crippen molar-refractivity contribution < 1.29 is 56.2 Å². The summed E-state index contributed by atoms with van der Waals surface area (Å²) >= 11 is 0. The van der Waals surface area contributed by atoms with Crippen LogP contribution in [0.3, 0.4) is 0 Å². The number of aliphatic hydroxyl groups is 2. The number of quaternary nitrogens is 2. The Bertz CT molecular complexity index is 1640. The summed E-state index contributed by atoms with van der Waals surface area (Å²) in [7, 11) is 3.58. The first-order chi connectivity index (χ1) is 47.5.